The summed E-state index contributed by atoms with van der Waals surface area (Å²) in [6.07, 6.45) is 0.101. The van der Waals surface area contributed by atoms with E-state index in [-0.39, 0.29) is 17.9 Å². The average Bonchev–Trinajstić information content (AvgIpc) is 2.39. The number of carbonyl (C=O) groups is 1. The Bertz CT molecular complexity index is 634. The fraction of sp³-hybridized carbons (Fsp3) is 0.385. The summed E-state index contributed by atoms with van der Waals surface area (Å²) in [6, 6.07) is 6.78. The summed E-state index contributed by atoms with van der Waals surface area (Å²) in [5.74, 6) is -1.20. The first-order valence-corrected chi connectivity index (χ1v) is 7.49. The van der Waals surface area contributed by atoms with Crippen LogP contribution in [-0.2, 0) is 21.2 Å². The second-order valence-corrected chi connectivity index (χ2v) is 6.10. The highest BCUT2D eigenvalue weighted by Crippen LogP contribution is 2.19. The lowest BCUT2D eigenvalue weighted by atomic mass is 10.2. The van der Waals surface area contributed by atoms with Gasteiger partial charge in [-0.05, 0) is 24.6 Å². The van der Waals surface area contributed by atoms with E-state index in [0.29, 0.717) is 5.56 Å². The zero-order valence-electron chi connectivity index (χ0n) is 11.3. The summed E-state index contributed by atoms with van der Waals surface area (Å²) in [6.45, 7) is 2.96. The van der Waals surface area contributed by atoms with Gasteiger partial charge >= 0.3 is 5.97 Å². The number of rotatable bonds is 6. The third kappa shape index (κ3) is 3.35. The number of carboxylic acids is 1. The number of sulfonamides is 1. The Morgan fingerprint density at radius 3 is 2.65 bits per heavy atom. The number of nitriles is 1. The number of nitrogens with zero attached hydrogens (tertiary/aromatic N) is 2. The van der Waals surface area contributed by atoms with Crippen LogP contribution >= 0.6 is 0 Å². The first kappa shape index (κ1) is 16.1. The lowest BCUT2D eigenvalue weighted by Crippen LogP contribution is -2.42. The van der Waals surface area contributed by atoms with Crippen LogP contribution in [0.25, 0.3) is 0 Å². The third-order valence-corrected chi connectivity index (χ3v) is 4.93. The van der Waals surface area contributed by atoms with Crippen molar-refractivity contribution in [2.75, 3.05) is 6.54 Å². The summed E-state index contributed by atoms with van der Waals surface area (Å²) in [7, 11) is -3.89. The summed E-state index contributed by atoms with van der Waals surface area (Å²) in [5, 5.41) is 17.6. The summed E-state index contributed by atoms with van der Waals surface area (Å²) >= 11 is 0. The fourth-order valence-corrected chi connectivity index (χ4v) is 3.49. The summed E-state index contributed by atoms with van der Waals surface area (Å²) in [4.78, 5) is 11.0. The van der Waals surface area contributed by atoms with E-state index in [4.69, 9.17) is 10.4 Å². The van der Waals surface area contributed by atoms with Gasteiger partial charge in [0.25, 0.3) is 0 Å². The Balaban J connectivity index is 3.24. The first-order valence-electron chi connectivity index (χ1n) is 6.05. The van der Waals surface area contributed by atoms with Crippen LogP contribution in [0, 0.1) is 11.3 Å². The molecule has 108 valence electrons. The topological polar surface area (TPSA) is 98.5 Å². The van der Waals surface area contributed by atoms with Gasteiger partial charge in [-0.2, -0.15) is 9.57 Å². The molecule has 0 aliphatic carbocycles. The number of aliphatic carboxylic acids is 1. The van der Waals surface area contributed by atoms with Gasteiger partial charge in [0.05, 0.1) is 17.4 Å². The van der Waals surface area contributed by atoms with Crippen molar-refractivity contribution >= 4 is 16.0 Å². The zero-order chi connectivity index (χ0) is 15.3. The van der Waals surface area contributed by atoms with Gasteiger partial charge in [-0.3, -0.25) is 4.79 Å². The Labute approximate surface area is 118 Å². The van der Waals surface area contributed by atoms with Crippen molar-refractivity contribution in [3.63, 3.8) is 0 Å². The van der Waals surface area contributed by atoms with Crippen LogP contribution in [0.2, 0.25) is 0 Å². The first-order chi connectivity index (χ1) is 9.34. The molecule has 20 heavy (non-hydrogen) atoms. The molecule has 1 atom stereocenters. The monoisotopic (exact) mass is 296 g/mol. The minimum Gasteiger partial charge on any atom is -0.480 e. The van der Waals surface area contributed by atoms with E-state index in [1.165, 1.54) is 19.1 Å². The van der Waals surface area contributed by atoms with E-state index in [1.807, 2.05) is 6.07 Å². The third-order valence-electron chi connectivity index (χ3n) is 2.89. The van der Waals surface area contributed by atoms with Gasteiger partial charge in [-0.1, -0.05) is 19.1 Å². The predicted molar refractivity (Wildman–Crippen MR) is 72.4 cm³/mol. The molecule has 1 aromatic rings. The van der Waals surface area contributed by atoms with Crippen molar-refractivity contribution in [1.29, 1.82) is 5.26 Å². The zero-order valence-corrected chi connectivity index (χ0v) is 12.1. The standard InChI is InChI=1S/C13H16N2O4S/c1-3-15(10(2)13(16)17)20(18,19)12-6-4-5-11(9-12)7-8-14/h4-6,9-10H,3,7H2,1-2H3,(H,16,17). The van der Waals surface area contributed by atoms with Crippen molar-refractivity contribution in [3.05, 3.63) is 29.8 Å². The molecule has 0 aromatic heterocycles. The SMILES string of the molecule is CCN(C(C)C(=O)O)S(=O)(=O)c1cccc(CC#N)c1. The van der Waals surface area contributed by atoms with Crippen LogP contribution in [0.1, 0.15) is 19.4 Å². The van der Waals surface area contributed by atoms with E-state index in [2.05, 4.69) is 0 Å². The number of hydrogen-bond acceptors (Lipinski definition) is 4. The van der Waals surface area contributed by atoms with Crippen LogP contribution in [0.15, 0.2) is 29.2 Å². The molecule has 0 fully saturated rings. The molecule has 1 unspecified atom stereocenters. The van der Waals surface area contributed by atoms with Crippen molar-refractivity contribution in [3.8, 4) is 6.07 Å². The van der Waals surface area contributed by atoms with Crippen LogP contribution in [0.5, 0.6) is 0 Å². The summed E-state index contributed by atoms with van der Waals surface area (Å²) < 4.78 is 25.8. The van der Waals surface area contributed by atoms with Crippen LogP contribution in [0.4, 0.5) is 0 Å². The van der Waals surface area contributed by atoms with Crippen molar-refractivity contribution in [1.82, 2.24) is 4.31 Å². The van der Waals surface area contributed by atoms with Crippen LogP contribution in [-0.4, -0.2) is 36.4 Å². The second kappa shape index (κ2) is 6.50. The lowest BCUT2D eigenvalue weighted by molar-refractivity contribution is -0.140. The Morgan fingerprint density at radius 2 is 2.15 bits per heavy atom. The molecule has 1 N–H and O–H groups in total. The molecule has 0 radical (unpaired) electrons. The Morgan fingerprint density at radius 1 is 1.50 bits per heavy atom. The molecule has 6 nitrogen and oxygen atoms in total. The Hall–Kier alpha value is -1.91. The number of hydrogen-bond donors (Lipinski definition) is 1. The molecular formula is C13H16N2O4S. The second-order valence-electron chi connectivity index (χ2n) is 4.20. The maximum Gasteiger partial charge on any atom is 0.321 e. The van der Waals surface area contributed by atoms with Gasteiger partial charge in [-0.25, -0.2) is 8.42 Å². The minimum absolute atomic E-state index is 0.000185. The lowest BCUT2D eigenvalue weighted by Gasteiger charge is -2.24. The highest BCUT2D eigenvalue weighted by atomic mass is 32.2. The van der Waals surface area contributed by atoms with Crippen LogP contribution < -0.4 is 0 Å². The number of likely N-dealkylation sites (N-methyl/N-ethyl adjacent to an activating group) is 1. The van der Waals surface area contributed by atoms with Gasteiger partial charge in [0.2, 0.25) is 10.0 Å². The predicted octanol–water partition coefficient (Wildman–Crippen LogP) is 1.24. The normalized spacial score (nSPS) is 12.9. The Kier molecular flexibility index (Phi) is 5.25. The smallest absolute Gasteiger partial charge is 0.321 e. The maximum atomic E-state index is 12.4. The van der Waals surface area contributed by atoms with Crippen LogP contribution in [0.3, 0.4) is 0 Å². The van der Waals surface area contributed by atoms with E-state index >= 15 is 0 Å². The van der Waals surface area contributed by atoms with E-state index < -0.39 is 22.0 Å². The molecule has 0 saturated carbocycles. The molecule has 1 aromatic carbocycles. The molecule has 7 heteroatoms. The molecule has 0 bridgehead atoms. The molecule has 0 spiro atoms. The largest absolute Gasteiger partial charge is 0.480 e. The quantitative estimate of drug-likeness (QED) is 0.851. The molecular weight excluding hydrogens is 280 g/mol. The van der Waals surface area contributed by atoms with Gasteiger partial charge in [0, 0.05) is 6.54 Å². The van der Waals surface area contributed by atoms with Gasteiger partial charge in [0.15, 0.2) is 0 Å². The van der Waals surface area contributed by atoms with Gasteiger partial charge < -0.3 is 5.11 Å². The maximum absolute atomic E-state index is 12.4. The van der Waals surface area contributed by atoms with E-state index in [1.54, 1.807) is 19.1 Å². The van der Waals surface area contributed by atoms with Crippen molar-refractivity contribution in [2.24, 2.45) is 0 Å². The fourth-order valence-electron chi connectivity index (χ4n) is 1.82. The molecule has 0 aliphatic rings. The summed E-state index contributed by atoms with van der Waals surface area (Å²) in [5.41, 5.74) is 0.576. The van der Waals surface area contributed by atoms with Crippen molar-refractivity contribution in [2.45, 2.75) is 31.2 Å². The molecule has 0 aliphatic heterocycles. The van der Waals surface area contributed by atoms with Gasteiger partial charge in [0.1, 0.15) is 6.04 Å². The van der Waals surface area contributed by atoms with Gasteiger partial charge in [-0.15, -0.1) is 0 Å². The molecule has 0 amide bonds. The molecule has 1 rings (SSSR count). The molecule has 0 heterocycles. The number of carboxylic acid groups (broad SMARTS) is 1. The average molecular weight is 296 g/mol. The minimum atomic E-state index is -3.89. The van der Waals surface area contributed by atoms with E-state index in [0.717, 1.165) is 4.31 Å². The van der Waals surface area contributed by atoms with Crippen molar-refractivity contribution < 1.29 is 18.3 Å². The molecule has 0 saturated heterocycles. The van der Waals surface area contributed by atoms with E-state index in [9.17, 15) is 13.2 Å². The highest BCUT2D eigenvalue weighted by Gasteiger charge is 2.31. The highest BCUT2D eigenvalue weighted by molar-refractivity contribution is 7.89. The number of benzene rings is 1.